The molecule has 0 fully saturated rings. The van der Waals surface area contributed by atoms with E-state index in [-0.39, 0.29) is 0 Å². The lowest BCUT2D eigenvalue weighted by molar-refractivity contribution is 0.543. The molecule has 0 spiro atoms. The molecule has 3 aromatic rings. The van der Waals surface area contributed by atoms with E-state index in [4.69, 9.17) is 10.2 Å². The van der Waals surface area contributed by atoms with Crippen LogP contribution in [0.15, 0.2) is 49.8 Å². The van der Waals surface area contributed by atoms with Gasteiger partial charge in [0.25, 0.3) is 0 Å². The molecule has 0 saturated carbocycles. The second-order valence-electron chi connectivity index (χ2n) is 4.20. The van der Waals surface area contributed by atoms with Crippen LogP contribution in [0.4, 0.5) is 5.69 Å². The fourth-order valence-electron chi connectivity index (χ4n) is 1.90. The molecule has 0 aliphatic heterocycles. The number of nitrogen functional groups attached to an aromatic ring is 1. The normalized spacial score (nSPS) is 11.1. The smallest absolute Gasteiger partial charge is 0.199 e. The summed E-state index contributed by atoms with van der Waals surface area (Å²) in [6.07, 6.45) is 0.666. The molecule has 0 unspecified atom stereocenters. The summed E-state index contributed by atoms with van der Waals surface area (Å²) in [5, 5.41) is 0. The molecule has 3 rings (SSSR count). The molecule has 96 valence electrons. The van der Waals surface area contributed by atoms with Crippen LogP contribution in [-0.2, 0) is 6.42 Å². The van der Waals surface area contributed by atoms with Crippen molar-refractivity contribution in [1.82, 2.24) is 4.98 Å². The van der Waals surface area contributed by atoms with Gasteiger partial charge >= 0.3 is 0 Å². The lowest BCUT2D eigenvalue weighted by Crippen LogP contribution is -1.88. The van der Waals surface area contributed by atoms with Gasteiger partial charge in [-0.1, -0.05) is 30.3 Å². The first-order valence-electron chi connectivity index (χ1n) is 5.72. The number of nitrogens with two attached hydrogens (primary N) is 1. The zero-order valence-electron chi connectivity index (χ0n) is 9.86. The van der Waals surface area contributed by atoms with Crippen molar-refractivity contribution in [2.45, 2.75) is 6.42 Å². The Kier molecular flexibility index (Phi) is 3.33. The summed E-state index contributed by atoms with van der Waals surface area (Å²) in [4.78, 5) is 4.49. The van der Waals surface area contributed by atoms with Gasteiger partial charge in [-0.2, -0.15) is 0 Å². The third kappa shape index (κ3) is 2.40. The van der Waals surface area contributed by atoms with E-state index < -0.39 is 0 Å². The van der Waals surface area contributed by atoms with Crippen LogP contribution in [0.3, 0.4) is 0 Å². The van der Waals surface area contributed by atoms with E-state index in [0.29, 0.717) is 23.6 Å². The molecule has 3 nitrogen and oxygen atoms in total. The quantitative estimate of drug-likeness (QED) is 0.663. The number of nitrogens with zero attached hydrogens (tertiary/aromatic N) is 1. The van der Waals surface area contributed by atoms with Crippen LogP contribution >= 0.6 is 31.9 Å². The van der Waals surface area contributed by atoms with Gasteiger partial charge in [0.15, 0.2) is 11.5 Å². The van der Waals surface area contributed by atoms with Crippen molar-refractivity contribution >= 4 is 48.6 Å². The predicted molar refractivity (Wildman–Crippen MR) is 83.1 cm³/mol. The Bertz CT molecular complexity index is 738. The number of anilines is 1. The standard InChI is InChI=1S/C14H10Br2N2O/c15-9-7-10-14(12(16)13(9)17)19-11(18-10)6-8-4-2-1-3-5-8/h1-5,7H,6,17H2. The van der Waals surface area contributed by atoms with E-state index in [9.17, 15) is 0 Å². The Morgan fingerprint density at radius 3 is 2.63 bits per heavy atom. The lowest BCUT2D eigenvalue weighted by Gasteiger charge is -2.00. The van der Waals surface area contributed by atoms with Gasteiger partial charge in [0.05, 0.1) is 10.2 Å². The summed E-state index contributed by atoms with van der Waals surface area (Å²) in [6, 6.07) is 12.0. The minimum absolute atomic E-state index is 0.620. The first-order chi connectivity index (χ1) is 9.15. The average Bonchev–Trinajstić information content (AvgIpc) is 2.80. The van der Waals surface area contributed by atoms with Gasteiger partial charge in [0.2, 0.25) is 0 Å². The van der Waals surface area contributed by atoms with E-state index in [0.717, 1.165) is 20.0 Å². The number of hydrogen-bond acceptors (Lipinski definition) is 3. The highest BCUT2D eigenvalue weighted by Crippen LogP contribution is 2.36. The monoisotopic (exact) mass is 380 g/mol. The van der Waals surface area contributed by atoms with Crippen LogP contribution in [0.25, 0.3) is 11.1 Å². The maximum atomic E-state index is 5.93. The van der Waals surface area contributed by atoms with Gasteiger partial charge in [0, 0.05) is 10.9 Å². The second-order valence-corrected chi connectivity index (χ2v) is 5.85. The first kappa shape index (κ1) is 12.7. The molecule has 0 amide bonds. The van der Waals surface area contributed by atoms with Crippen LogP contribution < -0.4 is 5.73 Å². The third-order valence-corrected chi connectivity index (χ3v) is 4.30. The summed E-state index contributed by atoms with van der Waals surface area (Å²) in [6.45, 7) is 0. The van der Waals surface area contributed by atoms with Crippen molar-refractivity contribution in [2.75, 3.05) is 5.73 Å². The maximum Gasteiger partial charge on any atom is 0.199 e. The van der Waals surface area contributed by atoms with Crippen LogP contribution in [0, 0.1) is 0 Å². The molecule has 0 aliphatic rings. The van der Waals surface area contributed by atoms with Gasteiger partial charge < -0.3 is 10.2 Å². The number of rotatable bonds is 2. The maximum absolute atomic E-state index is 5.93. The number of fused-ring (bicyclic) bond motifs is 1. The third-order valence-electron chi connectivity index (χ3n) is 2.85. The van der Waals surface area contributed by atoms with Crippen LogP contribution in [-0.4, -0.2) is 4.98 Å². The Morgan fingerprint density at radius 1 is 1.16 bits per heavy atom. The van der Waals surface area contributed by atoms with E-state index in [2.05, 4.69) is 36.8 Å². The van der Waals surface area contributed by atoms with Gasteiger partial charge in [-0.3, -0.25) is 0 Å². The molecule has 0 bridgehead atoms. The molecular weight excluding hydrogens is 372 g/mol. The van der Waals surface area contributed by atoms with Crippen molar-refractivity contribution in [3.63, 3.8) is 0 Å². The number of oxazole rings is 1. The lowest BCUT2D eigenvalue weighted by atomic mass is 10.1. The highest BCUT2D eigenvalue weighted by atomic mass is 79.9. The molecule has 1 aromatic heterocycles. The number of halogens is 2. The van der Waals surface area contributed by atoms with Crippen LogP contribution in [0.5, 0.6) is 0 Å². The van der Waals surface area contributed by atoms with E-state index in [1.54, 1.807) is 0 Å². The highest BCUT2D eigenvalue weighted by molar-refractivity contribution is 9.11. The first-order valence-corrected chi connectivity index (χ1v) is 7.30. The summed E-state index contributed by atoms with van der Waals surface area (Å²) in [5.41, 5.74) is 9.19. The van der Waals surface area contributed by atoms with Gasteiger partial charge in [0.1, 0.15) is 5.52 Å². The van der Waals surface area contributed by atoms with Gasteiger partial charge in [-0.15, -0.1) is 0 Å². The minimum Gasteiger partial charge on any atom is -0.439 e. The van der Waals surface area contributed by atoms with Crippen LogP contribution in [0.1, 0.15) is 11.5 Å². The molecule has 0 saturated heterocycles. The zero-order valence-corrected chi connectivity index (χ0v) is 13.0. The molecule has 0 atom stereocenters. The van der Waals surface area contributed by atoms with E-state index in [1.165, 1.54) is 0 Å². The van der Waals surface area contributed by atoms with Crippen molar-refractivity contribution in [3.05, 3.63) is 56.8 Å². The molecule has 2 aromatic carbocycles. The largest absolute Gasteiger partial charge is 0.439 e. The predicted octanol–water partition coefficient (Wildman–Crippen LogP) is 4.53. The van der Waals surface area contributed by atoms with E-state index >= 15 is 0 Å². The van der Waals surface area contributed by atoms with Crippen molar-refractivity contribution in [3.8, 4) is 0 Å². The summed E-state index contributed by atoms with van der Waals surface area (Å²) < 4.78 is 7.33. The zero-order chi connectivity index (χ0) is 13.4. The minimum atomic E-state index is 0.620. The van der Waals surface area contributed by atoms with E-state index in [1.807, 2.05) is 36.4 Å². The Morgan fingerprint density at radius 2 is 1.89 bits per heavy atom. The fraction of sp³-hybridized carbons (Fsp3) is 0.0714. The van der Waals surface area contributed by atoms with Gasteiger partial charge in [-0.25, -0.2) is 4.98 Å². The number of aromatic nitrogens is 1. The summed E-state index contributed by atoms with van der Waals surface area (Å²) in [5.74, 6) is 0.680. The Hall–Kier alpha value is -1.33. The number of hydrogen-bond donors (Lipinski definition) is 1. The molecule has 19 heavy (non-hydrogen) atoms. The van der Waals surface area contributed by atoms with Crippen molar-refractivity contribution in [2.24, 2.45) is 0 Å². The Labute approximate surface area is 127 Å². The summed E-state index contributed by atoms with van der Waals surface area (Å²) in [7, 11) is 0. The summed E-state index contributed by atoms with van der Waals surface area (Å²) >= 11 is 6.85. The fourth-order valence-corrected chi connectivity index (χ4v) is 3.08. The number of benzene rings is 2. The molecule has 2 N–H and O–H groups in total. The molecular formula is C14H10Br2N2O. The topological polar surface area (TPSA) is 52.0 Å². The molecule has 5 heteroatoms. The van der Waals surface area contributed by atoms with Crippen LogP contribution in [0.2, 0.25) is 0 Å². The van der Waals surface area contributed by atoms with Crippen molar-refractivity contribution < 1.29 is 4.42 Å². The van der Waals surface area contributed by atoms with Crippen molar-refractivity contribution in [1.29, 1.82) is 0 Å². The molecule has 0 radical (unpaired) electrons. The molecule has 1 heterocycles. The van der Waals surface area contributed by atoms with Gasteiger partial charge in [-0.05, 0) is 43.5 Å². The Balaban J connectivity index is 2.05. The molecule has 0 aliphatic carbocycles. The second kappa shape index (κ2) is 4.98. The highest BCUT2D eigenvalue weighted by Gasteiger charge is 2.14. The average molecular weight is 382 g/mol. The SMILES string of the molecule is Nc1c(Br)cc2nc(Cc3ccccc3)oc2c1Br.